The van der Waals surface area contributed by atoms with Crippen LogP contribution in [0.15, 0.2) is 12.1 Å². The minimum atomic E-state index is 0.457. The van der Waals surface area contributed by atoms with Crippen molar-refractivity contribution in [3.63, 3.8) is 0 Å². The number of hydrogen-bond acceptors (Lipinski definition) is 5. The van der Waals surface area contributed by atoms with Gasteiger partial charge in [0.2, 0.25) is 0 Å². The molecule has 5 nitrogen and oxygen atoms in total. The maximum Gasteiger partial charge on any atom is 0.149 e. The van der Waals surface area contributed by atoms with Gasteiger partial charge in [-0.25, -0.2) is 4.98 Å². The summed E-state index contributed by atoms with van der Waals surface area (Å²) in [4.78, 5) is 4.63. The highest BCUT2D eigenvalue weighted by molar-refractivity contribution is 6.34. The van der Waals surface area contributed by atoms with E-state index >= 15 is 0 Å². The van der Waals surface area contributed by atoms with Crippen LogP contribution in [0.2, 0.25) is 5.02 Å². The molecule has 3 N–H and O–H groups in total. The number of nitrogens with zero attached hydrogens (tertiary/aromatic N) is 1. The van der Waals surface area contributed by atoms with E-state index < -0.39 is 0 Å². The lowest BCUT2D eigenvalue weighted by atomic mass is 10.1. The first-order valence-corrected chi connectivity index (χ1v) is 6.74. The molecule has 0 fully saturated rings. The largest absolute Gasteiger partial charge is 0.494 e. The van der Waals surface area contributed by atoms with E-state index in [2.05, 4.69) is 17.3 Å². The molecule has 0 bridgehead atoms. The Bertz CT molecular complexity index is 632. The van der Waals surface area contributed by atoms with Crippen molar-refractivity contribution in [2.24, 2.45) is 5.84 Å². The number of fused-ring (bicyclic) bond motifs is 1. The lowest BCUT2D eigenvalue weighted by Crippen LogP contribution is -2.09. The first kappa shape index (κ1) is 14.7. The Hall–Kier alpha value is -1.72. The van der Waals surface area contributed by atoms with Gasteiger partial charge in [0, 0.05) is 11.8 Å². The number of benzene rings is 1. The highest BCUT2D eigenvalue weighted by Crippen LogP contribution is 2.42. The van der Waals surface area contributed by atoms with Crippen molar-refractivity contribution < 1.29 is 9.47 Å². The van der Waals surface area contributed by atoms with E-state index in [9.17, 15) is 0 Å². The highest BCUT2D eigenvalue weighted by Gasteiger charge is 2.18. The molecule has 0 amide bonds. The normalized spacial score (nSPS) is 10.7. The van der Waals surface area contributed by atoms with Crippen LogP contribution < -0.4 is 20.7 Å². The number of methoxy groups -OCH3 is 2. The molecule has 1 aromatic carbocycles. The summed E-state index contributed by atoms with van der Waals surface area (Å²) in [5.74, 6) is 6.76. The Labute approximate surface area is 123 Å². The second-order valence-electron chi connectivity index (χ2n) is 4.37. The number of nitrogens with two attached hydrogens (primary N) is 1. The van der Waals surface area contributed by atoms with Gasteiger partial charge in [-0.05, 0) is 12.5 Å². The van der Waals surface area contributed by atoms with Crippen LogP contribution in [0.1, 0.15) is 19.0 Å². The van der Waals surface area contributed by atoms with Crippen LogP contribution >= 0.6 is 11.6 Å². The molecule has 6 heteroatoms. The zero-order chi connectivity index (χ0) is 14.7. The third kappa shape index (κ3) is 2.46. The van der Waals surface area contributed by atoms with Gasteiger partial charge in [-0.3, -0.25) is 5.84 Å². The van der Waals surface area contributed by atoms with Crippen molar-refractivity contribution in [3.05, 3.63) is 22.8 Å². The number of rotatable bonds is 5. The van der Waals surface area contributed by atoms with Crippen molar-refractivity contribution >= 4 is 28.2 Å². The Morgan fingerprint density at radius 2 is 2.05 bits per heavy atom. The molecule has 0 aliphatic heterocycles. The number of nitrogen functional groups attached to an aromatic ring is 1. The molecule has 0 aliphatic carbocycles. The quantitative estimate of drug-likeness (QED) is 0.655. The molecule has 0 unspecified atom stereocenters. The summed E-state index contributed by atoms with van der Waals surface area (Å²) in [7, 11) is 3.15. The lowest BCUT2D eigenvalue weighted by molar-refractivity contribution is 0.410. The fraction of sp³-hybridized carbons (Fsp3) is 0.357. The van der Waals surface area contributed by atoms with Crippen molar-refractivity contribution in [1.82, 2.24) is 4.98 Å². The summed E-state index contributed by atoms with van der Waals surface area (Å²) in [5, 5.41) is 1.18. The van der Waals surface area contributed by atoms with E-state index in [1.807, 2.05) is 6.07 Å². The average molecular weight is 296 g/mol. The summed E-state index contributed by atoms with van der Waals surface area (Å²) >= 11 is 6.22. The van der Waals surface area contributed by atoms with Gasteiger partial charge >= 0.3 is 0 Å². The van der Waals surface area contributed by atoms with Gasteiger partial charge < -0.3 is 14.9 Å². The monoisotopic (exact) mass is 295 g/mol. The molecule has 0 atom stereocenters. The zero-order valence-corrected chi connectivity index (χ0v) is 12.5. The van der Waals surface area contributed by atoms with Crippen LogP contribution in [0.3, 0.4) is 0 Å². The molecule has 108 valence electrons. The fourth-order valence-electron chi connectivity index (χ4n) is 2.23. The van der Waals surface area contributed by atoms with Gasteiger partial charge in [0.1, 0.15) is 17.0 Å². The minimum Gasteiger partial charge on any atom is -0.494 e. The third-order valence-corrected chi connectivity index (χ3v) is 3.37. The van der Waals surface area contributed by atoms with Crippen LogP contribution in [0.5, 0.6) is 11.5 Å². The second kappa shape index (κ2) is 6.15. The van der Waals surface area contributed by atoms with Gasteiger partial charge in [-0.1, -0.05) is 24.9 Å². The number of aromatic nitrogens is 1. The molecule has 0 aliphatic rings. The summed E-state index contributed by atoms with van der Waals surface area (Å²) in [5.41, 5.74) is 5.03. The topological polar surface area (TPSA) is 69.4 Å². The second-order valence-corrected chi connectivity index (χ2v) is 4.78. The zero-order valence-electron chi connectivity index (χ0n) is 11.8. The van der Waals surface area contributed by atoms with Gasteiger partial charge in [-0.15, -0.1) is 0 Å². The predicted molar refractivity (Wildman–Crippen MR) is 81.7 cm³/mol. The predicted octanol–water partition coefficient (Wildman–Crippen LogP) is 3.14. The van der Waals surface area contributed by atoms with Crippen molar-refractivity contribution in [2.75, 3.05) is 19.6 Å². The molecule has 2 aromatic rings. The molecule has 20 heavy (non-hydrogen) atoms. The molecule has 2 rings (SSSR count). The molecule has 0 spiro atoms. The summed E-state index contributed by atoms with van der Waals surface area (Å²) in [6.07, 6.45) is 1.86. The first-order chi connectivity index (χ1) is 9.65. The third-order valence-electron chi connectivity index (χ3n) is 3.09. The lowest BCUT2D eigenvalue weighted by Gasteiger charge is -2.15. The standard InChI is InChI=1S/C14H18ClN3O2/c1-4-5-8-6-10(18-16)12-13(17-8)11(19-2)7-9(15)14(12)20-3/h6-7H,4-5,16H2,1-3H3,(H,17,18). The summed E-state index contributed by atoms with van der Waals surface area (Å²) in [6, 6.07) is 3.61. The average Bonchev–Trinajstić information content (AvgIpc) is 2.46. The molecule has 1 heterocycles. The molecule has 0 radical (unpaired) electrons. The first-order valence-electron chi connectivity index (χ1n) is 6.36. The number of halogens is 1. The Balaban J connectivity index is 2.86. The number of nitrogens with one attached hydrogen (secondary N) is 1. The molecular weight excluding hydrogens is 278 g/mol. The summed E-state index contributed by atoms with van der Waals surface area (Å²) in [6.45, 7) is 2.10. The number of anilines is 1. The van der Waals surface area contributed by atoms with Crippen LogP contribution in [0.25, 0.3) is 10.9 Å². The SMILES string of the molecule is CCCc1cc(NN)c2c(OC)c(Cl)cc(OC)c2n1. The Morgan fingerprint density at radius 3 is 2.60 bits per heavy atom. The van der Waals surface area contributed by atoms with E-state index in [0.717, 1.165) is 29.6 Å². The Kier molecular flexibility index (Phi) is 4.52. The maximum absolute atomic E-state index is 6.22. The molecule has 0 saturated heterocycles. The Morgan fingerprint density at radius 1 is 1.30 bits per heavy atom. The van der Waals surface area contributed by atoms with Crippen molar-refractivity contribution in [1.29, 1.82) is 0 Å². The number of ether oxygens (including phenoxy) is 2. The van der Waals surface area contributed by atoms with E-state index in [1.54, 1.807) is 20.3 Å². The summed E-state index contributed by atoms with van der Waals surface area (Å²) < 4.78 is 10.7. The number of hydrazine groups is 1. The van der Waals surface area contributed by atoms with Crippen molar-refractivity contribution in [3.8, 4) is 11.5 Å². The van der Waals surface area contributed by atoms with Crippen molar-refractivity contribution in [2.45, 2.75) is 19.8 Å². The van der Waals surface area contributed by atoms with Crippen LogP contribution in [-0.4, -0.2) is 19.2 Å². The molecular formula is C14H18ClN3O2. The molecule has 1 aromatic heterocycles. The van der Waals surface area contributed by atoms with Gasteiger partial charge in [0.25, 0.3) is 0 Å². The van der Waals surface area contributed by atoms with E-state index in [-0.39, 0.29) is 0 Å². The van der Waals surface area contributed by atoms with Crippen LogP contribution in [0.4, 0.5) is 5.69 Å². The number of pyridine rings is 1. The smallest absolute Gasteiger partial charge is 0.149 e. The van der Waals surface area contributed by atoms with E-state index in [1.165, 1.54) is 0 Å². The van der Waals surface area contributed by atoms with Crippen LogP contribution in [-0.2, 0) is 6.42 Å². The fourth-order valence-corrected chi connectivity index (χ4v) is 2.50. The van der Waals surface area contributed by atoms with Gasteiger partial charge in [0.05, 0.1) is 30.3 Å². The number of hydrogen-bond donors (Lipinski definition) is 2. The number of aryl methyl sites for hydroxylation is 1. The van der Waals surface area contributed by atoms with Gasteiger partial charge in [0.15, 0.2) is 0 Å². The highest BCUT2D eigenvalue weighted by atomic mass is 35.5. The van der Waals surface area contributed by atoms with E-state index in [4.69, 9.17) is 26.9 Å². The van der Waals surface area contributed by atoms with Gasteiger partial charge in [-0.2, -0.15) is 0 Å². The minimum absolute atomic E-state index is 0.457. The molecule has 0 saturated carbocycles. The van der Waals surface area contributed by atoms with E-state index in [0.29, 0.717) is 22.0 Å². The maximum atomic E-state index is 6.22. The van der Waals surface area contributed by atoms with Crippen LogP contribution in [0, 0.1) is 0 Å².